The van der Waals surface area contributed by atoms with Crippen molar-refractivity contribution in [3.8, 4) is 5.88 Å². The Hall–Kier alpha value is -2.38. The fraction of sp³-hybridized carbons (Fsp3) is 0.455. The van der Waals surface area contributed by atoms with E-state index in [0.717, 1.165) is 6.42 Å². The highest BCUT2D eigenvalue weighted by molar-refractivity contribution is 5.66. The van der Waals surface area contributed by atoms with E-state index in [1.54, 1.807) is 6.92 Å². The van der Waals surface area contributed by atoms with Crippen LogP contribution in [-0.4, -0.2) is 26.7 Å². The van der Waals surface area contributed by atoms with E-state index in [2.05, 4.69) is 25.4 Å². The average molecular weight is 264 g/mol. The van der Waals surface area contributed by atoms with Gasteiger partial charge < -0.3 is 20.3 Å². The summed E-state index contributed by atoms with van der Waals surface area (Å²) in [7, 11) is 0. The van der Waals surface area contributed by atoms with Crippen LogP contribution in [0.2, 0.25) is 0 Å². The molecule has 2 heterocycles. The Morgan fingerprint density at radius 3 is 2.95 bits per heavy atom. The van der Waals surface area contributed by atoms with Crippen molar-refractivity contribution in [3.63, 3.8) is 0 Å². The molecule has 0 spiro atoms. The Morgan fingerprint density at radius 2 is 2.26 bits per heavy atom. The van der Waals surface area contributed by atoms with E-state index in [1.165, 1.54) is 6.33 Å². The number of aryl methyl sites for hydroxylation is 1. The highest BCUT2D eigenvalue weighted by Gasteiger charge is 2.10. The maximum Gasteiger partial charge on any atom is 0.245 e. The van der Waals surface area contributed by atoms with Gasteiger partial charge in [0.05, 0.1) is 13.2 Å². The maximum absolute atomic E-state index is 5.91. The van der Waals surface area contributed by atoms with E-state index in [9.17, 15) is 0 Å². The Morgan fingerprint density at radius 1 is 1.42 bits per heavy atom. The first-order chi connectivity index (χ1) is 9.20. The molecule has 2 aromatic rings. The Labute approximate surface area is 110 Å². The molecule has 0 aliphatic heterocycles. The van der Waals surface area contributed by atoms with Gasteiger partial charge in [0.2, 0.25) is 11.8 Å². The molecule has 0 aliphatic rings. The molecule has 0 aromatic carbocycles. The number of nitrogens with two attached hydrogens (primary N) is 1. The van der Waals surface area contributed by atoms with Crippen LogP contribution in [0.3, 0.4) is 0 Å². The molecule has 3 N–H and O–H groups in total. The molecular weight excluding hydrogens is 248 g/mol. The third-order valence-electron chi connectivity index (χ3n) is 2.27. The lowest BCUT2D eigenvalue weighted by atomic mass is 10.4. The number of aromatic nitrogens is 4. The van der Waals surface area contributed by atoms with Crippen molar-refractivity contribution in [2.24, 2.45) is 0 Å². The van der Waals surface area contributed by atoms with E-state index < -0.39 is 0 Å². The molecule has 0 saturated carbocycles. The van der Waals surface area contributed by atoms with Crippen molar-refractivity contribution < 1.29 is 9.26 Å². The largest absolute Gasteiger partial charge is 0.476 e. The van der Waals surface area contributed by atoms with E-state index in [0.29, 0.717) is 42.3 Å². The normalized spacial score (nSPS) is 10.4. The fourth-order valence-corrected chi connectivity index (χ4v) is 1.41. The van der Waals surface area contributed by atoms with Crippen LogP contribution >= 0.6 is 0 Å². The third kappa shape index (κ3) is 3.30. The van der Waals surface area contributed by atoms with Crippen molar-refractivity contribution in [2.75, 3.05) is 17.7 Å². The Kier molecular flexibility index (Phi) is 4.11. The van der Waals surface area contributed by atoms with Gasteiger partial charge in [0, 0.05) is 0 Å². The molecule has 0 fully saturated rings. The summed E-state index contributed by atoms with van der Waals surface area (Å²) in [6.07, 6.45) is 2.27. The topological polar surface area (TPSA) is 112 Å². The fourth-order valence-electron chi connectivity index (χ4n) is 1.41. The Bertz CT molecular complexity index is 542. The van der Waals surface area contributed by atoms with Gasteiger partial charge in [0.1, 0.15) is 12.0 Å². The van der Waals surface area contributed by atoms with Crippen LogP contribution in [0.15, 0.2) is 10.9 Å². The molecule has 0 saturated heterocycles. The molecule has 8 heteroatoms. The second kappa shape index (κ2) is 5.98. The number of anilines is 2. The standard InChI is InChI=1S/C11H16N6O2/c1-3-4-18-11-9(12)10(14-6-15-11)13-5-8-16-7(2)17-19-8/h6H,3-5,12H2,1-2H3,(H,13,14,15). The minimum Gasteiger partial charge on any atom is -0.476 e. The number of nitrogens with one attached hydrogen (secondary N) is 1. The van der Waals surface area contributed by atoms with Crippen LogP contribution in [0.25, 0.3) is 0 Å². The summed E-state index contributed by atoms with van der Waals surface area (Å²) in [5.41, 5.74) is 6.28. The molecule has 19 heavy (non-hydrogen) atoms. The number of hydrogen-bond acceptors (Lipinski definition) is 8. The van der Waals surface area contributed by atoms with Crippen LogP contribution in [0.1, 0.15) is 25.1 Å². The first-order valence-electron chi connectivity index (χ1n) is 5.97. The summed E-state index contributed by atoms with van der Waals surface area (Å²) in [5.74, 6) is 1.91. The molecule has 0 bridgehead atoms. The Balaban J connectivity index is 2.03. The number of hydrogen-bond donors (Lipinski definition) is 2. The summed E-state index contributed by atoms with van der Waals surface area (Å²) in [4.78, 5) is 12.1. The summed E-state index contributed by atoms with van der Waals surface area (Å²) in [6, 6.07) is 0. The van der Waals surface area contributed by atoms with E-state index in [4.69, 9.17) is 15.0 Å². The van der Waals surface area contributed by atoms with Crippen LogP contribution in [0.4, 0.5) is 11.5 Å². The number of rotatable bonds is 6. The molecule has 102 valence electrons. The van der Waals surface area contributed by atoms with Gasteiger partial charge in [-0.3, -0.25) is 0 Å². The van der Waals surface area contributed by atoms with E-state index in [-0.39, 0.29) is 0 Å². The third-order valence-corrected chi connectivity index (χ3v) is 2.27. The van der Waals surface area contributed by atoms with Gasteiger partial charge >= 0.3 is 0 Å². The van der Waals surface area contributed by atoms with Crippen molar-refractivity contribution in [2.45, 2.75) is 26.8 Å². The van der Waals surface area contributed by atoms with Crippen LogP contribution < -0.4 is 15.8 Å². The summed E-state index contributed by atoms with van der Waals surface area (Å²) in [6.45, 7) is 4.66. The number of nitrogens with zero attached hydrogens (tertiary/aromatic N) is 4. The smallest absolute Gasteiger partial charge is 0.245 e. The minimum absolute atomic E-state index is 0.343. The van der Waals surface area contributed by atoms with Crippen LogP contribution in [0, 0.1) is 6.92 Å². The summed E-state index contributed by atoms with van der Waals surface area (Å²) in [5, 5.41) is 6.70. The molecule has 8 nitrogen and oxygen atoms in total. The zero-order valence-electron chi connectivity index (χ0n) is 10.9. The zero-order chi connectivity index (χ0) is 13.7. The zero-order valence-corrected chi connectivity index (χ0v) is 10.9. The van der Waals surface area contributed by atoms with Crippen LogP contribution in [-0.2, 0) is 6.54 Å². The first kappa shape index (κ1) is 13.1. The van der Waals surface area contributed by atoms with Crippen molar-refractivity contribution in [1.82, 2.24) is 20.1 Å². The minimum atomic E-state index is 0.343. The second-order valence-corrected chi connectivity index (χ2v) is 3.88. The SMILES string of the molecule is CCCOc1ncnc(NCc2nc(C)no2)c1N. The van der Waals surface area contributed by atoms with Gasteiger partial charge in [0.25, 0.3) is 0 Å². The lowest BCUT2D eigenvalue weighted by Crippen LogP contribution is -2.08. The maximum atomic E-state index is 5.91. The molecule has 0 unspecified atom stereocenters. The average Bonchev–Trinajstić information content (AvgIpc) is 2.82. The lowest BCUT2D eigenvalue weighted by molar-refractivity contribution is 0.306. The molecule has 2 rings (SSSR count). The molecule has 0 amide bonds. The highest BCUT2D eigenvalue weighted by Crippen LogP contribution is 2.24. The second-order valence-electron chi connectivity index (χ2n) is 3.88. The molecular formula is C11H16N6O2. The first-order valence-corrected chi connectivity index (χ1v) is 5.97. The van der Waals surface area contributed by atoms with Crippen LogP contribution in [0.5, 0.6) is 5.88 Å². The molecule has 0 radical (unpaired) electrons. The van der Waals surface area contributed by atoms with Gasteiger partial charge in [-0.25, -0.2) is 4.98 Å². The predicted molar refractivity (Wildman–Crippen MR) is 68.6 cm³/mol. The summed E-state index contributed by atoms with van der Waals surface area (Å²) >= 11 is 0. The summed E-state index contributed by atoms with van der Waals surface area (Å²) < 4.78 is 10.4. The van der Waals surface area contributed by atoms with Crippen molar-refractivity contribution >= 4 is 11.5 Å². The van der Waals surface area contributed by atoms with Gasteiger partial charge in [-0.1, -0.05) is 12.1 Å². The molecule has 2 aromatic heterocycles. The highest BCUT2D eigenvalue weighted by atomic mass is 16.5. The van der Waals surface area contributed by atoms with Gasteiger partial charge in [0.15, 0.2) is 11.6 Å². The molecule has 0 atom stereocenters. The monoisotopic (exact) mass is 264 g/mol. The lowest BCUT2D eigenvalue weighted by Gasteiger charge is -2.10. The number of ether oxygens (including phenoxy) is 1. The van der Waals surface area contributed by atoms with Crippen molar-refractivity contribution in [1.29, 1.82) is 0 Å². The van der Waals surface area contributed by atoms with Gasteiger partial charge in [-0.05, 0) is 13.3 Å². The van der Waals surface area contributed by atoms with Gasteiger partial charge in [-0.2, -0.15) is 9.97 Å². The van der Waals surface area contributed by atoms with Gasteiger partial charge in [-0.15, -0.1) is 0 Å². The van der Waals surface area contributed by atoms with E-state index >= 15 is 0 Å². The van der Waals surface area contributed by atoms with E-state index in [1.807, 2.05) is 6.92 Å². The van der Waals surface area contributed by atoms with Crippen molar-refractivity contribution in [3.05, 3.63) is 18.0 Å². The quantitative estimate of drug-likeness (QED) is 0.799. The predicted octanol–water partition coefficient (Wildman–Crippen LogP) is 1.15. The number of nitrogen functional groups attached to an aromatic ring is 1. The molecule has 0 aliphatic carbocycles.